The second kappa shape index (κ2) is 6.00. The number of nitrogens with one attached hydrogen (secondary N) is 1. The van der Waals surface area contributed by atoms with E-state index >= 15 is 0 Å². The van der Waals surface area contributed by atoms with E-state index in [-0.39, 0.29) is 6.29 Å². The van der Waals surface area contributed by atoms with Gasteiger partial charge in [-0.2, -0.15) is 0 Å². The van der Waals surface area contributed by atoms with Crippen molar-refractivity contribution in [3.63, 3.8) is 0 Å². The predicted molar refractivity (Wildman–Crippen MR) is 65.1 cm³/mol. The maximum atomic E-state index is 5.61. The SMILES string of the molecule is COC(CNC1CCOc2ccccc21)OC. The maximum absolute atomic E-state index is 5.61. The molecule has 1 N–H and O–H groups in total. The van der Waals surface area contributed by atoms with E-state index in [0.717, 1.165) is 18.8 Å². The Bertz CT molecular complexity index is 352. The molecular formula is C13H19NO3. The van der Waals surface area contributed by atoms with Crippen LogP contribution in [0.4, 0.5) is 0 Å². The molecule has 1 aliphatic rings. The lowest BCUT2D eigenvalue weighted by molar-refractivity contribution is -0.100. The van der Waals surface area contributed by atoms with Gasteiger partial charge in [0.25, 0.3) is 0 Å². The molecule has 0 aliphatic carbocycles. The summed E-state index contributed by atoms with van der Waals surface area (Å²) >= 11 is 0. The number of fused-ring (bicyclic) bond motifs is 1. The van der Waals surface area contributed by atoms with Gasteiger partial charge in [0.05, 0.1) is 6.61 Å². The Balaban J connectivity index is 1.99. The Morgan fingerprint density at radius 3 is 2.88 bits per heavy atom. The fourth-order valence-electron chi connectivity index (χ4n) is 2.06. The number of hydrogen-bond acceptors (Lipinski definition) is 4. The number of hydrogen-bond donors (Lipinski definition) is 1. The first-order valence-electron chi connectivity index (χ1n) is 5.86. The van der Waals surface area contributed by atoms with Crippen molar-refractivity contribution in [1.29, 1.82) is 0 Å². The summed E-state index contributed by atoms with van der Waals surface area (Å²) in [5.74, 6) is 0.975. The third kappa shape index (κ3) is 2.97. The van der Waals surface area contributed by atoms with E-state index in [2.05, 4.69) is 11.4 Å². The second-order valence-electron chi connectivity index (χ2n) is 4.04. The molecule has 1 unspecified atom stereocenters. The van der Waals surface area contributed by atoms with Crippen LogP contribution in [0.25, 0.3) is 0 Å². The number of para-hydroxylation sites is 1. The van der Waals surface area contributed by atoms with Gasteiger partial charge in [-0.25, -0.2) is 0 Å². The van der Waals surface area contributed by atoms with Gasteiger partial charge >= 0.3 is 0 Å². The summed E-state index contributed by atoms with van der Waals surface area (Å²) in [4.78, 5) is 0. The number of methoxy groups -OCH3 is 2. The van der Waals surface area contributed by atoms with Gasteiger partial charge in [-0.3, -0.25) is 0 Å². The first-order valence-corrected chi connectivity index (χ1v) is 5.86. The lowest BCUT2D eigenvalue weighted by atomic mass is 10.0. The summed E-state index contributed by atoms with van der Waals surface area (Å²) in [5, 5.41) is 3.45. The Hall–Kier alpha value is -1.10. The normalized spacial score (nSPS) is 18.9. The van der Waals surface area contributed by atoms with Crippen LogP contribution in [-0.2, 0) is 9.47 Å². The zero-order valence-electron chi connectivity index (χ0n) is 10.3. The van der Waals surface area contributed by atoms with Gasteiger partial charge in [0.2, 0.25) is 0 Å². The van der Waals surface area contributed by atoms with Gasteiger partial charge in [0.1, 0.15) is 5.75 Å². The number of rotatable bonds is 5. The van der Waals surface area contributed by atoms with E-state index in [1.54, 1.807) is 14.2 Å². The monoisotopic (exact) mass is 237 g/mol. The van der Waals surface area contributed by atoms with Gasteiger partial charge in [0.15, 0.2) is 6.29 Å². The summed E-state index contributed by atoms with van der Waals surface area (Å²) < 4.78 is 15.9. The van der Waals surface area contributed by atoms with Crippen LogP contribution in [0.1, 0.15) is 18.0 Å². The summed E-state index contributed by atoms with van der Waals surface area (Å²) in [6.45, 7) is 1.42. The lowest BCUT2D eigenvalue weighted by Crippen LogP contribution is -2.34. The Kier molecular flexibility index (Phi) is 4.36. The molecule has 2 rings (SSSR count). The van der Waals surface area contributed by atoms with Crippen LogP contribution in [0.2, 0.25) is 0 Å². The highest BCUT2D eigenvalue weighted by molar-refractivity contribution is 5.37. The second-order valence-corrected chi connectivity index (χ2v) is 4.04. The minimum atomic E-state index is -0.204. The van der Waals surface area contributed by atoms with Gasteiger partial charge in [-0.05, 0) is 6.07 Å². The minimum absolute atomic E-state index is 0.204. The smallest absolute Gasteiger partial charge is 0.169 e. The van der Waals surface area contributed by atoms with Gasteiger partial charge in [-0.1, -0.05) is 18.2 Å². The Morgan fingerprint density at radius 2 is 2.12 bits per heavy atom. The van der Waals surface area contributed by atoms with Crippen molar-refractivity contribution in [2.75, 3.05) is 27.4 Å². The summed E-state index contributed by atoms with van der Waals surface area (Å²) in [6.07, 6.45) is 0.766. The zero-order valence-corrected chi connectivity index (χ0v) is 10.3. The summed E-state index contributed by atoms with van der Waals surface area (Å²) in [6, 6.07) is 8.45. The van der Waals surface area contributed by atoms with Crippen LogP contribution in [-0.4, -0.2) is 33.7 Å². The topological polar surface area (TPSA) is 39.7 Å². The molecule has 0 saturated heterocycles. The van der Waals surface area contributed by atoms with Crippen molar-refractivity contribution in [1.82, 2.24) is 5.32 Å². The van der Waals surface area contributed by atoms with Crippen LogP contribution < -0.4 is 10.1 Å². The quantitative estimate of drug-likeness (QED) is 0.792. The molecular weight excluding hydrogens is 218 g/mol. The van der Waals surface area contributed by atoms with E-state index in [9.17, 15) is 0 Å². The van der Waals surface area contributed by atoms with Gasteiger partial charge < -0.3 is 19.5 Å². The standard InChI is InChI=1S/C13H19NO3/c1-15-13(16-2)9-14-11-7-8-17-12-6-4-3-5-10(11)12/h3-6,11,13-14H,7-9H2,1-2H3. The van der Waals surface area contributed by atoms with Crippen molar-refractivity contribution in [2.45, 2.75) is 18.8 Å². The molecule has 1 heterocycles. The van der Waals surface area contributed by atoms with Crippen LogP contribution in [0.15, 0.2) is 24.3 Å². The van der Waals surface area contributed by atoms with Crippen molar-refractivity contribution in [3.8, 4) is 5.75 Å². The molecule has 4 heteroatoms. The molecule has 0 saturated carbocycles. The summed E-state index contributed by atoms with van der Waals surface area (Å²) in [7, 11) is 3.29. The molecule has 1 atom stereocenters. The predicted octanol–water partition coefficient (Wildman–Crippen LogP) is 1.72. The first kappa shape index (κ1) is 12.4. The average molecular weight is 237 g/mol. The highest BCUT2D eigenvalue weighted by atomic mass is 16.7. The van der Waals surface area contributed by atoms with Gasteiger partial charge in [-0.15, -0.1) is 0 Å². The third-order valence-corrected chi connectivity index (χ3v) is 3.02. The van der Waals surface area contributed by atoms with E-state index in [1.165, 1.54) is 5.56 Å². The van der Waals surface area contributed by atoms with Crippen LogP contribution in [0.5, 0.6) is 5.75 Å². The maximum Gasteiger partial charge on any atom is 0.169 e. The van der Waals surface area contributed by atoms with Crippen LogP contribution in [0.3, 0.4) is 0 Å². The van der Waals surface area contributed by atoms with Crippen LogP contribution >= 0.6 is 0 Å². The molecule has 1 aromatic carbocycles. The highest BCUT2D eigenvalue weighted by Gasteiger charge is 2.21. The third-order valence-electron chi connectivity index (χ3n) is 3.02. The minimum Gasteiger partial charge on any atom is -0.493 e. The van der Waals surface area contributed by atoms with Crippen molar-refractivity contribution in [3.05, 3.63) is 29.8 Å². The van der Waals surface area contributed by atoms with Crippen molar-refractivity contribution >= 4 is 0 Å². The summed E-state index contributed by atoms with van der Waals surface area (Å²) in [5.41, 5.74) is 1.21. The molecule has 94 valence electrons. The Labute approximate surface area is 102 Å². The zero-order chi connectivity index (χ0) is 12.1. The Morgan fingerprint density at radius 1 is 1.35 bits per heavy atom. The molecule has 1 aromatic rings. The number of ether oxygens (including phenoxy) is 3. The molecule has 0 fully saturated rings. The lowest BCUT2D eigenvalue weighted by Gasteiger charge is -2.27. The van der Waals surface area contributed by atoms with Gasteiger partial charge in [0, 0.05) is 38.8 Å². The van der Waals surface area contributed by atoms with E-state index in [0.29, 0.717) is 12.6 Å². The molecule has 17 heavy (non-hydrogen) atoms. The van der Waals surface area contributed by atoms with Crippen LogP contribution in [0, 0.1) is 0 Å². The first-order chi connectivity index (χ1) is 8.35. The molecule has 1 aliphatic heterocycles. The van der Waals surface area contributed by atoms with Crippen molar-refractivity contribution in [2.24, 2.45) is 0 Å². The van der Waals surface area contributed by atoms with Crippen molar-refractivity contribution < 1.29 is 14.2 Å². The molecule has 0 bridgehead atoms. The molecule has 0 aromatic heterocycles. The fourth-order valence-corrected chi connectivity index (χ4v) is 2.06. The fraction of sp³-hybridized carbons (Fsp3) is 0.538. The van der Waals surface area contributed by atoms with E-state index in [1.807, 2.05) is 18.2 Å². The molecule has 0 amide bonds. The van der Waals surface area contributed by atoms with E-state index < -0.39 is 0 Å². The highest BCUT2D eigenvalue weighted by Crippen LogP contribution is 2.31. The molecule has 4 nitrogen and oxygen atoms in total. The average Bonchev–Trinajstić information content (AvgIpc) is 2.40. The molecule has 0 radical (unpaired) electrons. The van der Waals surface area contributed by atoms with E-state index in [4.69, 9.17) is 14.2 Å². The molecule has 0 spiro atoms. The number of benzene rings is 1. The largest absolute Gasteiger partial charge is 0.493 e.